The van der Waals surface area contributed by atoms with Crippen molar-refractivity contribution < 1.29 is 9.84 Å². The fraction of sp³-hybridized carbons (Fsp3) is 0.471. The summed E-state index contributed by atoms with van der Waals surface area (Å²) in [7, 11) is 0. The van der Waals surface area contributed by atoms with Crippen molar-refractivity contribution in [3.8, 4) is 0 Å². The Bertz CT molecular complexity index is 595. The van der Waals surface area contributed by atoms with Gasteiger partial charge in [-0.2, -0.15) is 0 Å². The summed E-state index contributed by atoms with van der Waals surface area (Å²) in [4.78, 5) is 6.71. The average molecular weight is 286 g/mol. The van der Waals surface area contributed by atoms with Crippen molar-refractivity contribution in [2.45, 2.75) is 25.6 Å². The van der Waals surface area contributed by atoms with Crippen LogP contribution in [-0.2, 0) is 4.74 Å². The molecule has 21 heavy (non-hydrogen) atoms. The second-order valence-electron chi connectivity index (χ2n) is 5.57. The van der Waals surface area contributed by atoms with E-state index in [-0.39, 0.29) is 6.10 Å². The lowest BCUT2D eigenvalue weighted by Crippen LogP contribution is -2.45. The zero-order valence-electron chi connectivity index (χ0n) is 12.4. The number of fused-ring (bicyclic) bond motifs is 1. The molecule has 2 unspecified atom stereocenters. The van der Waals surface area contributed by atoms with Crippen LogP contribution in [0.2, 0.25) is 0 Å². The van der Waals surface area contributed by atoms with Gasteiger partial charge in [0.15, 0.2) is 0 Å². The Morgan fingerprint density at radius 3 is 3.14 bits per heavy atom. The van der Waals surface area contributed by atoms with Crippen molar-refractivity contribution in [3.63, 3.8) is 0 Å². The maximum absolute atomic E-state index is 10.7. The van der Waals surface area contributed by atoms with Crippen molar-refractivity contribution in [2.24, 2.45) is 0 Å². The van der Waals surface area contributed by atoms with Gasteiger partial charge in [-0.05, 0) is 30.7 Å². The van der Waals surface area contributed by atoms with E-state index in [4.69, 9.17) is 4.74 Å². The Balaban J connectivity index is 1.84. The number of aromatic nitrogens is 1. The Kier molecular flexibility index (Phi) is 4.48. The molecule has 0 radical (unpaired) electrons. The van der Waals surface area contributed by atoms with Crippen LogP contribution in [0.4, 0.5) is 0 Å². The van der Waals surface area contributed by atoms with Crippen LogP contribution in [0.1, 0.15) is 25.0 Å². The van der Waals surface area contributed by atoms with Crippen molar-refractivity contribution in [1.29, 1.82) is 0 Å². The van der Waals surface area contributed by atoms with Gasteiger partial charge in [0.25, 0.3) is 0 Å². The summed E-state index contributed by atoms with van der Waals surface area (Å²) in [6, 6.07) is 9.80. The molecule has 2 aromatic rings. The first-order valence-electron chi connectivity index (χ1n) is 7.65. The van der Waals surface area contributed by atoms with Crippen LogP contribution < -0.4 is 0 Å². The van der Waals surface area contributed by atoms with Crippen molar-refractivity contribution in [3.05, 3.63) is 42.1 Å². The highest BCUT2D eigenvalue weighted by molar-refractivity contribution is 5.82. The molecule has 4 heteroatoms. The quantitative estimate of drug-likeness (QED) is 0.937. The van der Waals surface area contributed by atoms with Crippen molar-refractivity contribution >= 4 is 10.9 Å². The lowest BCUT2D eigenvalue weighted by atomic mass is 9.98. The number of pyridine rings is 1. The second-order valence-corrected chi connectivity index (χ2v) is 5.57. The Hall–Kier alpha value is -1.49. The number of aliphatic hydroxyl groups excluding tert-OH is 1. The molecule has 2 heterocycles. The molecular weight excluding hydrogens is 264 g/mol. The summed E-state index contributed by atoms with van der Waals surface area (Å²) in [6.45, 7) is 5.66. The minimum atomic E-state index is -0.613. The highest BCUT2D eigenvalue weighted by Crippen LogP contribution is 2.28. The number of rotatable bonds is 4. The molecular formula is C17H22N2O2. The summed E-state index contributed by atoms with van der Waals surface area (Å²) in [5, 5.41) is 11.8. The van der Waals surface area contributed by atoms with Crippen LogP contribution in [0, 0.1) is 0 Å². The number of nitrogens with zero attached hydrogens (tertiary/aromatic N) is 2. The SMILES string of the molecule is CCCN1CCOC(C(O)c2cccc3ncccc23)C1. The number of ether oxygens (including phenoxy) is 1. The van der Waals surface area contributed by atoms with Gasteiger partial charge in [0, 0.05) is 24.7 Å². The number of morpholine rings is 1. The molecule has 1 aliphatic rings. The van der Waals surface area contributed by atoms with Crippen LogP contribution >= 0.6 is 0 Å². The molecule has 1 N–H and O–H groups in total. The molecule has 1 fully saturated rings. The summed E-state index contributed by atoms with van der Waals surface area (Å²) >= 11 is 0. The van der Waals surface area contributed by atoms with Crippen LogP contribution in [0.3, 0.4) is 0 Å². The fourth-order valence-corrected chi connectivity index (χ4v) is 3.03. The van der Waals surface area contributed by atoms with Gasteiger partial charge >= 0.3 is 0 Å². The highest BCUT2D eigenvalue weighted by Gasteiger charge is 2.28. The fourth-order valence-electron chi connectivity index (χ4n) is 3.03. The molecule has 3 rings (SSSR count). The monoisotopic (exact) mass is 286 g/mol. The maximum atomic E-state index is 10.7. The molecule has 0 spiro atoms. The van der Waals surface area contributed by atoms with Crippen LogP contribution in [0.5, 0.6) is 0 Å². The molecule has 0 bridgehead atoms. The van der Waals surface area contributed by atoms with E-state index in [0.29, 0.717) is 6.61 Å². The Morgan fingerprint density at radius 2 is 2.29 bits per heavy atom. The van der Waals surface area contributed by atoms with Gasteiger partial charge in [0.2, 0.25) is 0 Å². The third-order valence-corrected chi connectivity index (χ3v) is 4.07. The number of hydrogen-bond donors (Lipinski definition) is 1. The predicted molar refractivity (Wildman–Crippen MR) is 83.2 cm³/mol. The molecule has 1 aliphatic heterocycles. The van der Waals surface area contributed by atoms with Gasteiger partial charge in [-0.1, -0.05) is 25.1 Å². The van der Waals surface area contributed by atoms with Crippen molar-refractivity contribution in [2.75, 3.05) is 26.2 Å². The van der Waals surface area contributed by atoms with E-state index in [1.54, 1.807) is 6.20 Å². The van der Waals surface area contributed by atoms with Crippen molar-refractivity contribution in [1.82, 2.24) is 9.88 Å². The zero-order chi connectivity index (χ0) is 14.7. The normalized spacial score (nSPS) is 21.5. The number of hydrogen-bond acceptors (Lipinski definition) is 4. The first-order chi connectivity index (χ1) is 10.3. The predicted octanol–water partition coefficient (Wildman–Crippen LogP) is 2.38. The minimum absolute atomic E-state index is 0.170. The lowest BCUT2D eigenvalue weighted by Gasteiger charge is -2.35. The number of aliphatic hydroxyl groups is 1. The van der Waals surface area contributed by atoms with Crippen LogP contribution in [-0.4, -0.2) is 47.3 Å². The summed E-state index contributed by atoms with van der Waals surface area (Å²) in [5.74, 6) is 0. The summed E-state index contributed by atoms with van der Waals surface area (Å²) in [5.41, 5.74) is 1.82. The highest BCUT2D eigenvalue weighted by atomic mass is 16.5. The molecule has 112 valence electrons. The van der Waals surface area contributed by atoms with E-state index in [1.165, 1.54) is 0 Å². The van der Waals surface area contributed by atoms with Gasteiger partial charge in [-0.15, -0.1) is 0 Å². The number of benzene rings is 1. The minimum Gasteiger partial charge on any atom is -0.386 e. The largest absolute Gasteiger partial charge is 0.386 e. The molecule has 0 amide bonds. The standard InChI is InChI=1S/C17H22N2O2/c1-2-9-19-10-11-21-16(12-19)17(20)14-5-3-7-15-13(14)6-4-8-18-15/h3-8,16-17,20H,2,9-12H2,1H3. The molecule has 1 saturated heterocycles. The third-order valence-electron chi connectivity index (χ3n) is 4.07. The topological polar surface area (TPSA) is 45.6 Å². The van der Waals surface area contributed by atoms with Crippen LogP contribution in [0.15, 0.2) is 36.5 Å². The van der Waals surface area contributed by atoms with E-state index < -0.39 is 6.10 Å². The average Bonchev–Trinajstić information content (AvgIpc) is 2.54. The van der Waals surface area contributed by atoms with Gasteiger partial charge in [0.05, 0.1) is 12.1 Å². The molecule has 0 saturated carbocycles. The summed E-state index contributed by atoms with van der Waals surface area (Å²) < 4.78 is 5.81. The third kappa shape index (κ3) is 3.07. The smallest absolute Gasteiger partial charge is 0.107 e. The maximum Gasteiger partial charge on any atom is 0.107 e. The van der Waals surface area contributed by atoms with Gasteiger partial charge in [-0.25, -0.2) is 0 Å². The van der Waals surface area contributed by atoms with Gasteiger partial charge in [0.1, 0.15) is 12.2 Å². The second kappa shape index (κ2) is 6.52. The molecule has 1 aromatic carbocycles. The van der Waals surface area contributed by atoms with Gasteiger partial charge in [-0.3, -0.25) is 9.88 Å². The van der Waals surface area contributed by atoms with Gasteiger partial charge < -0.3 is 9.84 Å². The van der Waals surface area contributed by atoms with E-state index >= 15 is 0 Å². The van der Waals surface area contributed by atoms with E-state index in [2.05, 4.69) is 16.8 Å². The van der Waals surface area contributed by atoms with E-state index in [1.807, 2.05) is 30.3 Å². The van der Waals surface area contributed by atoms with Crippen LogP contribution in [0.25, 0.3) is 10.9 Å². The summed E-state index contributed by atoms with van der Waals surface area (Å²) in [6.07, 6.45) is 2.12. The Labute approximate surface area is 125 Å². The van der Waals surface area contributed by atoms with E-state index in [0.717, 1.165) is 42.5 Å². The molecule has 2 atom stereocenters. The van der Waals surface area contributed by atoms with E-state index in [9.17, 15) is 5.11 Å². The lowest BCUT2D eigenvalue weighted by molar-refractivity contribution is -0.0894. The first-order valence-corrected chi connectivity index (χ1v) is 7.65. The zero-order valence-corrected chi connectivity index (χ0v) is 12.4. The molecule has 4 nitrogen and oxygen atoms in total. The molecule has 0 aliphatic carbocycles. The Morgan fingerprint density at radius 1 is 1.38 bits per heavy atom. The molecule has 1 aromatic heterocycles. The first kappa shape index (κ1) is 14.4.